The molecule has 1 aromatic carbocycles. The predicted octanol–water partition coefficient (Wildman–Crippen LogP) is 0.911. The maximum atomic E-state index is 11.9. The minimum Gasteiger partial charge on any atom is -0.396 e. The zero-order valence-electron chi connectivity index (χ0n) is 11.0. The monoisotopic (exact) mass is 296 g/mol. The predicted molar refractivity (Wildman–Crippen MR) is 75.6 cm³/mol. The average Bonchev–Trinajstić information content (AvgIpc) is 2.94. The molecule has 0 bridgehead atoms. The van der Waals surface area contributed by atoms with Crippen molar-refractivity contribution in [2.24, 2.45) is 5.92 Å². The van der Waals surface area contributed by atoms with Crippen LogP contribution in [0.3, 0.4) is 0 Å². The van der Waals surface area contributed by atoms with Gasteiger partial charge in [-0.2, -0.15) is 0 Å². The fourth-order valence-electron chi connectivity index (χ4n) is 2.22. The van der Waals surface area contributed by atoms with E-state index in [-0.39, 0.29) is 30.9 Å². The first-order valence-electron chi connectivity index (χ1n) is 6.53. The Morgan fingerprint density at radius 1 is 1.40 bits per heavy atom. The number of hydrogen-bond donors (Lipinski definition) is 2. The van der Waals surface area contributed by atoms with Crippen LogP contribution in [-0.4, -0.2) is 48.1 Å². The average molecular weight is 297 g/mol. The van der Waals surface area contributed by atoms with Gasteiger partial charge < -0.3 is 15.3 Å². The standard InChI is InChI=1S/C14H17ClN2O3/c15-12-4-2-1-3-11(12)14(20)16-7-13(19)17-6-5-10(8-17)9-18/h1-4,10,18H,5-9H2,(H,16,20). The number of nitrogens with one attached hydrogen (secondary N) is 1. The van der Waals surface area contributed by atoms with Gasteiger partial charge in [0.1, 0.15) is 0 Å². The number of benzene rings is 1. The van der Waals surface area contributed by atoms with Crippen LogP contribution in [0.5, 0.6) is 0 Å². The van der Waals surface area contributed by atoms with Crippen LogP contribution in [0.4, 0.5) is 0 Å². The number of hydrogen-bond acceptors (Lipinski definition) is 3. The van der Waals surface area contributed by atoms with E-state index in [1.54, 1.807) is 29.2 Å². The molecule has 1 aromatic rings. The molecule has 1 heterocycles. The molecular weight excluding hydrogens is 280 g/mol. The van der Waals surface area contributed by atoms with Gasteiger partial charge in [-0.15, -0.1) is 0 Å². The number of likely N-dealkylation sites (tertiary alicyclic amines) is 1. The Balaban J connectivity index is 1.85. The molecule has 0 aliphatic carbocycles. The van der Waals surface area contributed by atoms with E-state index < -0.39 is 0 Å². The van der Waals surface area contributed by atoms with Gasteiger partial charge in [-0.05, 0) is 18.6 Å². The lowest BCUT2D eigenvalue weighted by Crippen LogP contribution is -2.39. The maximum Gasteiger partial charge on any atom is 0.253 e. The fraction of sp³-hybridized carbons (Fsp3) is 0.429. The third kappa shape index (κ3) is 3.49. The summed E-state index contributed by atoms with van der Waals surface area (Å²) in [4.78, 5) is 25.5. The SMILES string of the molecule is O=C(NCC(=O)N1CCC(CO)C1)c1ccccc1Cl. The van der Waals surface area contributed by atoms with Gasteiger partial charge in [0, 0.05) is 25.6 Å². The van der Waals surface area contributed by atoms with Crippen molar-refractivity contribution in [3.05, 3.63) is 34.9 Å². The number of carbonyl (C=O) groups is 2. The third-order valence-electron chi connectivity index (χ3n) is 3.42. The molecule has 0 spiro atoms. The summed E-state index contributed by atoms with van der Waals surface area (Å²) in [5.74, 6) is -0.346. The Hall–Kier alpha value is -1.59. The Kier molecular flexibility index (Phi) is 4.98. The number of amides is 2. The quantitative estimate of drug-likeness (QED) is 0.868. The Bertz CT molecular complexity index is 507. The second-order valence-electron chi connectivity index (χ2n) is 4.84. The Morgan fingerprint density at radius 2 is 2.15 bits per heavy atom. The van der Waals surface area contributed by atoms with E-state index in [9.17, 15) is 9.59 Å². The van der Waals surface area contributed by atoms with E-state index in [1.807, 2.05) is 0 Å². The molecule has 108 valence electrons. The molecule has 0 radical (unpaired) electrons. The maximum absolute atomic E-state index is 11.9. The summed E-state index contributed by atoms with van der Waals surface area (Å²) in [5.41, 5.74) is 0.358. The van der Waals surface area contributed by atoms with Crippen molar-refractivity contribution in [2.45, 2.75) is 6.42 Å². The van der Waals surface area contributed by atoms with Crippen LogP contribution in [0.1, 0.15) is 16.8 Å². The minimum absolute atomic E-state index is 0.0534. The molecule has 1 fully saturated rings. The summed E-state index contributed by atoms with van der Waals surface area (Å²) in [6.07, 6.45) is 0.806. The lowest BCUT2D eigenvalue weighted by Gasteiger charge is -2.16. The summed E-state index contributed by atoms with van der Waals surface area (Å²) in [5, 5.41) is 12.0. The van der Waals surface area contributed by atoms with E-state index in [1.165, 1.54) is 0 Å². The zero-order valence-corrected chi connectivity index (χ0v) is 11.8. The normalized spacial score (nSPS) is 18.1. The van der Waals surface area contributed by atoms with Crippen molar-refractivity contribution in [1.29, 1.82) is 0 Å². The van der Waals surface area contributed by atoms with E-state index in [2.05, 4.69) is 5.32 Å². The van der Waals surface area contributed by atoms with Crippen LogP contribution in [0.15, 0.2) is 24.3 Å². The largest absolute Gasteiger partial charge is 0.396 e. The van der Waals surface area contributed by atoms with Crippen LogP contribution in [0.25, 0.3) is 0 Å². The first kappa shape index (κ1) is 14.8. The Morgan fingerprint density at radius 3 is 2.80 bits per heavy atom. The van der Waals surface area contributed by atoms with E-state index >= 15 is 0 Å². The molecule has 20 heavy (non-hydrogen) atoms. The van der Waals surface area contributed by atoms with Crippen LogP contribution in [-0.2, 0) is 4.79 Å². The van der Waals surface area contributed by atoms with Gasteiger partial charge in [-0.25, -0.2) is 0 Å². The highest BCUT2D eigenvalue weighted by atomic mass is 35.5. The van der Waals surface area contributed by atoms with E-state index in [4.69, 9.17) is 16.7 Å². The summed E-state index contributed by atoms with van der Waals surface area (Å²) in [6, 6.07) is 6.70. The van der Waals surface area contributed by atoms with Gasteiger partial charge in [-0.3, -0.25) is 9.59 Å². The highest BCUT2D eigenvalue weighted by Crippen LogP contribution is 2.16. The van der Waals surface area contributed by atoms with Gasteiger partial charge in [0.15, 0.2) is 0 Å². The van der Waals surface area contributed by atoms with Gasteiger partial charge in [0.25, 0.3) is 5.91 Å². The lowest BCUT2D eigenvalue weighted by molar-refractivity contribution is -0.129. The number of halogens is 1. The minimum atomic E-state index is -0.359. The van der Waals surface area contributed by atoms with E-state index in [0.29, 0.717) is 23.7 Å². The van der Waals surface area contributed by atoms with Crippen LogP contribution in [0, 0.1) is 5.92 Å². The third-order valence-corrected chi connectivity index (χ3v) is 3.74. The number of aliphatic hydroxyl groups is 1. The summed E-state index contributed by atoms with van der Waals surface area (Å²) >= 11 is 5.92. The van der Waals surface area contributed by atoms with Gasteiger partial charge >= 0.3 is 0 Å². The number of carbonyl (C=O) groups excluding carboxylic acids is 2. The number of aliphatic hydroxyl groups excluding tert-OH is 1. The molecule has 6 heteroatoms. The molecule has 2 amide bonds. The van der Waals surface area contributed by atoms with Crippen LogP contribution in [0.2, 0.25) is 5.02 Å². The molecule has 1 atom stereocenters. The fourth-order valence-corrected chi connectivity index (χ4v) is 2.44. The number of nitrogens with zero attached hydrogens (tertiary/aromatic N) is 1. The van der Waals surface area contributed by atoms with Gasteiger partial charge in [0.2, 0.25) is 5.91 Å². The molecule has 2 rings (SSSR count). The molecule has 1 aliphatic rings. The Labute approximate surface area is 122 Å². The smallest absolute Gasteiger partial charge is 0.253 e. The first-order chi connectivity index (χ1) is 9.61. The topological polar surface area (TPSA) is 69.6 Å². The molecule has 0 aromatic heterocycles. The van der Waals surface area contributed by atoms with Gasteiger partial charge in [-0.1, -0.05) is 23.7 Å². The molecule has 2 N–H and O–H groups in total. The molecule has 5 nitrogen and oxygen atoms in total. The summed E-state index contributed by atoms with van der Waals surface area (Å²) < 4.78 is 0. The highest BCUT2D eigenvalue weighted by Gasteiger charge is 2.25. The van der Waals surface area contributed by atoms with Crippen molar-refractivity contribution >= 4 is 23.4 Å². The zero-order chi connectivity index (χ0) is 14.5. The van der Waals surface area contributed by atoms with Crippen molar-refractivity contribution in [1.82, 2.24) is 10.2 Å². The molecular formula is C14H17ClN2O3. The summed E-state index contributed by atoms with van der Waals surface area (Å²) in [7, 11) is 0. The summed E-state index contributed by atoms with van der Waals surface area (Å²) in [6.45, 7) is 1.22. The van der Waals surface area contributed by atoms with Crippen molar-refractivity contribution < 1.29 is 14.7 Å². The molecule has 1 saturated heterocycles. The molecule has 1 unspecified atom stereocenters. The van der Waals surface area contributed by atoms with Crippen LogP contribution < -0.4 is 5.32 Å². The van der Waals surface area contributed by atoms with Crippen LogP contribution >= 0.6 is 11.6 Å². The second-order valence-corrected chi connectivity index (χ2v) is 5.25. The highest BCUT2D eigenvalue weighted by molar-refractivity contribution is 6.33. The lowest BCUT2D eigenvalue weighted by atomic mass is 10.1. The van der Waals surface area contributed by atoms with E-state index in [0.717, 1.165) is 6.42 Å². The second kappa shape index (κ2) is 6.72. The molecule has 0 saturated carbocycles. The first-order valence-corrected chi connectivity index (χ1v) is 6.91. The van der Waals surface area contributed by atoms with Crippen molar-refractivity contribution in [3.8, 4) is 0 Å². The van der Waals surface area contributed by atoms with Crippen molar-refractivity contribution in [3.63, 3.8) is 0 Å². The van der Waals surface area contributed by atoms with Crippen molar-refractivity contribution in [2.75, 3.05) is 26.2 Å². The van der Waals surface area contributed by atoms with Gasteiger partial charge in [0.05, 0.1) is 17.1 Å². The number of rotatable bonds is 4. The molecule has 1 aliphatic heterocycles.